The van der Waals surface area contributed by atoms with Crippen molar-refractivity contribution >= 4 is 46.2 Å². The van der Waals surface area contributed by atoms with Crippen molar-refractivity contribution < 1.29 is 18.4 Å². The predicted octanol–water partition coefficient (Wildman–Crippen LogP) is 4.82. The fourth-order valence-corrected chi connectivity index (χ4v) is 5.70. The van der Waals surface area contributed by atoms with Gasteiger partial charge in [-0.2, -0.15) is 0 Å². The number of carbonyl (C=O) groups excluding carboxylic acids is 2. The number of rotatable bonds is 9. The van der Waals surface area contributed by atoms with Crippen LogP contribution in [0.2, 0.25) is 0 Å². The van der Waals surface area contributed by atoms with Crippen LogP contribution in [0.5, 0.6) is 0 Å². The second-order valence-electron chi connectivity index (χ2n) is 10.4. The molecule has 0 saturated carbocycles. The van der Waals surface area contributed by atoms with E-state index in [1.54, 1.807) is 0 Å². The van der Waals surface area contributed by atoms with E-state index in [4.69, 9.17) is 12.2 Å². The summed E-state index contributed by atoms with van der Waals surface area (Å²) in [5, 5.41) is 3.15. The molecular weight excluding hydrogens is 544 g/mol. The van der Waals surface area contributed by atoms with E-state index in [9.17, 15) is 18.4 Å². The van der Waals surface area contributed by atoms with Crippen molar-refractivity contribution in [3.05, 3.63) is 90.0 Å². The summed E-state index contributed by atoms with van der Waals surface area (Å²) < 4.78 is 26.6. The first kappa shape index (κ1) is 28.6. The summed E-state index contributed by atoms with van der Waals surface area (Å²) in [6.07, 6.45) is 0.691. The van der Waals surface area contributed by atoms with Gasteiger partial charge in [-0.25, -0.2) is 8.78 Å². The third-order valence-corrected chi connectivity index (χ3v) is 7.97. The molecular formula is C31H33F2N5O2S. The van der Waals surface area contributed by atoms with Crippen LogP contribution in [0.25, 0.3) is 0 Å². The molecule has 2 saturated heterocycles. The standard InChI is InChI=1S/C31H33F2N5O2S/c1-22-3-11-27(12-4-22)38-30(40)28(21-29(39)34-25-9-5-23(32)6-10-25)37(31(38)41)16-2-15-35-17-19-36(20-18-35)26-13-7-24(33)8-14-26/h3-14,28H,2,15-21H2,1H3,(H,34,39)/t28-/m0/s1. The molecule has 2 fully saturated rings. The molecule has 0 bridgehead atoms. The molecule has 10 heteroatoms. The van der Waals surface area contributed by atoms with Crippen LogP contribution in [0.4, 0.5) is 25.8 Å². The zero-order chi connectivity index (χ0) is 28.9. The van der Waals surface area contributed by atoms with Gasteiger partial charge in [0.2, 0.25) is 5.91 Å². The van der Waals surface area contributed by atoms with Crippen LogP contribution in [0, 0.1) is 18.6 Å². The first-order valence-electron chi connectivity index (χ1n) is 13.8. The first-order valence-corrected chi connectivity index (χ1v) is 14.2. The van der Waals surface area contributed by atoms with Gasteiger partial charge >= 0.3 is 0 Å². The number of halogens is 2. The number of thiocarbonyl (C=S) groups is 1. The minimum atomic E-state index is -0.737. The van der Waals surface area contributed by atoms with Gasteiger partial charge in [0.1, 0.15) is 17.7 Å². The molecule has 0 spiro atoms. The van der Waals surface area contributed by atoms with Crippen LogP contribution in [0.3, 0.4) is 0 Å². The topological polar surface area (TPSA) is 59.1 Å². The fraction of sp³-hybridized carbons (Fsp3) is 0.323. The number of amides is 2. The van der Waals surface area contributed by atoms with Gasteiger partial charge in [0, 0.05) is 44.1 Å². The molecule has 3 aromatic rings. The fourth-order valence-electron chi connectivity index (χ4n) is 5.29. The molecule has 41 heavy (non-hydrogen) atoms. The zero-order valence-electron chi connectivity index (χ0n) is 22.9. The number of nitrogens with one attached hydrogen (secondary N) is 1. The Kier molecular flexibility index (Phi) is 8.90. The summed E-state index contributed by atoms with van der Waals surface area (Å²) in [4.78, 5) is 34.6. The summed E-state index contributed by atoms with van der Waals surface area (Å²) in [5.74, 6) is -1.21. The van der Waals surface area contributed by atoms with Gasteiger partial charge in [-0.15, -0.1) is 0 Å². The van der Waals surface area contributed by atoms with Crippen molar-refractivity contribution in [2.45, 2.75) is 25.8 Å². The van der Waals surface area contributed by atoms with Gasteiger partial charge in [-0.3, -0.25) is 19.4 Å². The van der Waals surface area contributed by atoms with Crippen LogP contribution in [0.1, 0.15) is 18.4 Å². The highest BCUT2D eigenvalue weighted by molar-refractivity contribution is 7.80. The highest BCUT2D eigenvalue weighted by atomic mass is 32.1. The van der Waals surface area contributed by atoms with Crippen LogP contribution in [-0.4, -0.2) is 72.0 Å². The van der Waals surface area contributed by atoms with Gasteiger partial charge in [0.25, 0.3) is 5.91 Å². The molecule has 2 aliphatic heterocycles. The van der Waals surface area contributed by atoms with Crippen LogP contribution < -0.4 is 15.1 Å². The number of piperazine rings is 1. The number of carbonyl (C=O) groups is 2. The largest absolute Gasteiger partial charge is 0.369 e. The van der Waals surface area contributed by atoms with E-state index in [0.717, 1.165) is 50.4 Å². The summed E-state index contributed by atoms with van der Waals surface area (Å²) in [7, 11) is 0. The SMILES string of the molecule is Cc1ccc(N2C(=O)[C@H](CC(=O)Nc3ccc(F)cc3)N(CCCN3CCN(c4ccc(F)cc4)CC3)C2=S)cc1. The summed E-state index contributed by atoms with van der Waals surface area (Å²) in [6, 6.07) is 18.9. The highest BCUT2D eigenvalue weighted by Crippen LogP contribution is 2.28. The number of hydrogen-bond acceptors (Lipinski definition) is 5. The average Bonchev–Trinajstić information content (AvgIpc) is 3.19. The molecule has 2 heterocycles. The third kappa shape index (κ3) is 6.89. The highest BCUT2D eigenvalue weighted by Gasteiger charge is 2.43. The second kappa shape index (κ2) is 12.7. The first-order chi connectivity index (χ1) is 19.8. The Balaban J connectivity index is 1.22. The van der Waals surface area contributed by atoms with Gasteiger partial charge < -0.3 is 15.1 Å². The van der Waals surface area contributed by atoms with E-state index >= 15 is 0 Å². The lowest BCUT2D eigenvalue weighted by molar-refractivity contribution is -0.124. The Hall–Kier alpha value is -3.89. The maximum Gasteiger partial charge on any atom is 0.256 e. The molecule has 0 unspecified atom stereocenters. The van der Waals surface area contributed by atoms with E-state index in [1.165, 1.54) is 41.3 Å². The molecule has 0 aliphatic carbocycles. The maximum absolute atomic E-state index is 13.6. The van der Waals surface area contributed by atoms with Gasteiger partial charge in [-0.05, 0) is 92.8 Å². The Bertz CT molecular complexity index is 1380. The third-order valence-electron chi connectivity index (χ3n) is 7.55. The number of aryl methyl sites for hydroxylation is 1. The number of nitrogens with zero attached hydrogens (tertiary/aromatic N) is 4. The Morgan fingerprint density at radius 1 is 0.854 bits per heavy atom. The number of hydrogen-bond donors (Lipinski definition) is 1. The summed E-state index contributed by atoms with van der Waals surface area (Å²) in [5.41, 5.74) is 3.22. The quantitative estimate of drug-likeness (QED) is 0.369. The van der Waals surface area contributed by atoms with E-state index in [2.05, 4.69) is 15.1 Å². The minimum Gasteiger partial charge on any atom is -0.369 e. The Labute approximate surface area is 244 Å². The van der Waals surface area contributed by atoms with Crippen molar-refractivity contribution in [2.75, 3.05) is 54.4 Å². The van der Waals surface area contributed by atoms with Gasteiger partial charge in [-0.1, -0.05) is 17.7 Å². The van der Waals surface area contributed by atoms with Crippen LogP contribution in [-0.2, 0) is 9.59 Å². The van der Waals surface area contributed by atoms with Crippen LogP contribution >= 0.6 is 12.2 Å². The molecule has 3 aromatic carbocycles. The summed E-state index contributed by atoms with van der Waals surface area (Å²) >= 11 is 5.79. The Morgan fingerprint density at radius 3 is 2.07 bits per heavy atom. The van der Waals surface area contributed by atoms with E-state index in [0.29, 0.717) is 23.0 Å². The zero-order valence-corrected chi connectivity index (χ0v) is 23.7. The molecule has 0 aromatic heterocycles. The molecule has 2 aliphatic rings. The smallest absolute Gasteiger partial charge is 0.256 e. The van der Waals surface area contributed by atoms with Crippen molar-refractivity contribution in [1.82, 2.24) is 9.80 Å². The lowest BCUT2D eigenvalue weighted by Crippen LogP contribution is -2.47. The molecule has 214 valence electrons. The second-order valence-corrected chi connectivity index (χ2v) is 10.8. The molecule has 1 atom stereocenters. The number of anilines is 3. The predicted molar refractivity (Wildman–Crippen MR) is 161 cm³/mol. The monoisotopic (exact) mass is 577 g/mol. The molecule has 0 radical (unpaired) electrons. The molecule has 5 rings (SSSR count). The maximum atomic E-state index is 13.6. The van der Waals surface area contributed by atoms with E-state index < -0.39 is 11.9 Å². The van der Waals surface area contributed by atoms with E-state index in [-0.39, 0.29) is 24.1 Å². The summed E-state index contributed by atoms with van der Waals surface area (Å²) in [6.45, 7) is 6.77. The van der Waals surface area contributed by atoms with Crippen molar-refractivity contribution in [2.24, 2.45) is 0 Å². The van der Waals surface area contributed by atoms with E-state index in [1.807, 2.05) is 48.2 Å². The normalized spacial score (nSPS) is 17.8. The number of benzene rings is 3. The molecule has 1 N–H and O–H groups in total. The van der Waals surface area contributed by atoms with Gasteiger partial charge in [0.15, 0.2) is 5.11 Å². The van der Waals surface area contributed by atoms with Crippen molar-refractivity contribution in [3.63, 3.8) is 0 Å². The Morgan fingerprint density at radius 2 is 1.44 bits per heavy atom. The molecule has 2 amide bonds. The van der Waals surface area contributed by atoms with Gasteiger partial charge in [0.05, 0.1) is 12.1 Å². The lowest BCUT2D eigenvalue weighted by atomic mass is 10.1. The molecule has 7 nitrogen and oxygen atoms in total. The van der Waals surface area contributed by atoms with Crippen molar-refractivity contribution in [1.29, 1.82) is 0 Å². The van der Waals surface area contributed by atoms with Crippen molar-refractivity contribution in [3.8, 4) is 0 Å². The van der Waals surface area contributed by atoms with Crippen LogP contribution in [0.15, 0.2) is 72.8 Å². The average molecular weight is 578 g/mol. The lowest BCUT2D eigenvalue weighted by Gasteiger charge is -2.36. The minimum absolute atomic E-state index is 0.0743.